The van der Waals surface area contributed by atoms with Gasteiger partial charge in [0.05, 0.1) is 11.9 Å². The first-order valence-corrected chi connectivity index (χ1v) is 4.49. The van der Waals surface area contributed by atoms with Crippen molar-refractivity contribution < 1.29 is 0 Å². The Morgan fingerprint density at radius 3 is 2.42 bits per heavy atom. The van der Waals surface area contributed by atoms with Gasteiger partial charge in [-0.3, -0.25) is 4.98 Å². The normalized spacial score (nSPS) is 10.6. The lowest BCUT2D eigenvalue weighted by atomic mass is 9.99. The second-order valence-electron chi connectivity index (χ2n) is 3.03. The summed E-state index contributed by atoms with van der Waals surface area (Å²) in [6.45, 7) is 4.37. The van der Waals surface area contributed by atoms with Crippen molar-refractivity contribution in [2.24, 2.45) is 0 Å². The molecule has 0 bridgehead atoms. The number of pyridine rings is 1. The number of hydrogen-bond donors (Lipinski definition) is 1. The molecule has 0 unspecified atom stereocenters. The first-order valence-electron chi connectivity index (χ1n) is 4.49. The zero-order valence-corrected chi connectivity index (χ0v) is 7.75. The Labute approximate surface area is 73.8 Å². The summed E-state index contributed by atoms with van der Waals surface area (Å²) in [6, 6.07) is 3.94. The molecule has 12 heavy (non-hydrogen) atoms. The third-order valence-electron chi connectivity index (χ3n) is 2.21. The maximum atomic E-state index is 5.55. The van der Waals surface area contributed by atoms with Crippen molar-refractivity contribution in [3.8, 4) is 0 Å². The Kier molecular flexibility index (Phi) is 3.09. The van der Waals surface area contributed by atoms with Gasteiger partial charge in [0.15, 0.2) is 0 Å². The molecule has 0 spiro atoms. The van der Waals surface area contributed by atoms with Crippen LogP contribution < -0.4 is 5.73 Å². The van der Waals surface area contributed by atoms with E-state index in [4.69, 9.17) is 5.73 Å². The van der Waals surface area contributed by atoms with E-state index in [1.54, 1.807) is 6.20 Å². The third-order valence-corrected chi connectivity index (χ3v) is 2.21. The molecular weight excluding hydrogens is 148 g/mol. The summed E-state index contributed by atoms with van der Waals surface area (Å²) in [5.74, 6) is 0.589. The fourth-order valence-corrected chi connectivity index (χ4v) is 1.37. The molecule has 0 aliphatic rings. The van der Waals surface area contributed by atoms with E-state index in [1.165, 1.54) is 0 Å². The molecule has 0 saturated carbocycles. The molecule has 0 amide bonds. The van der Waals surface area contributed by atoms with Crippen molar-refractivity contribution in [3.63, 3.8) is 0 Å². The Balaban J connectivity index is 2.80. The molecule has 0 aliphatic carbocycles. The van der Waals surface area contributed by atoms with Crippen LogP contribution >= 0.6 is 0 Å². The number of hydrogen-bond acceptors (Lipinski definition) is 2. The van der Waals surface area contributed by atoms with Gasteiger partial charge in [-0.25, -0.2) is 0 Å². The summed E-state index contributed by atoms with van der Waals surface area (Å²) in [6.07, 6.45) is 4.02. The van der Waals surface area contributed by atoms with Gasteiger partial charge in [0.25, 0.3) is 0 Å². The molecule has 1 heterocycles. The maximum Gasteiger partial charge on any atom is 0.0501 e. The average molecular weight is 164 g/mol. The zero-order valence-electron chi connectivity index (χ0n) is 7.75. The van der Waals surface area contributed by atoms with E-state index in [2.05, 4.69) is 18.8 Å². The van der Waals surface area contributed by atoms with E-state index in [-0.39, 0.29) is 0 Å². The highest BCUT2D eigenvalue weighted by atomic mass is 14.7. The lowest BCUT2D eigenvalue weighted by Crippen LogP contribution is -1.99. The summed E-state index contributed by atoms with van der Waals surface area (Å²) >= 11 is 0. The molecule has 1 rings (SSSR count). The van der Waals surface area contributed by atoms with Crippen LogP contribution in [0.1, 0.15) is 38.3 Å². The van der Waals surface area contributed by atoms with Gasteiger partial charge < -0.3 is 5.73 Å². The monoisotopic (exact) mass is 164 g/mol. The van der Waals surface area contributed by atoms with Crippen LogP contribution in [0.3, 0.4) is 0 Å². The van der Waals surface area contributed by atoms with Crippen LogP contribution in [0.2, 0.25) is 0 Å². The lowest BCUT2D eigenvalue weighted by molar-refractivity contribution is 0.623. The van der Waals surface area contributed by atoms with E-state index in [1.807, 2.05) is 12.1 Å². The molecule has 1 aromatic heterocycles. The molecule has 0 fully saturated rings. The summed E-state index contributed by atoms with van der Waals surface area (Å²) in [7, 11) is 0. The number of rotatable bonds is 3. The summed E-state index contributed by atoms with van der Waals surface area (Å²) in [5, 5.41) is 0. The fourth-order valence-electron chi connectivity index (χ4n) is 1.37. The van der Waals surface area contributed by atoms with Gasteiger partial charge in [-0.15, -0.1) is 0 Å². The van der Waals surface area contributed by atoms with Gasteiger partial charge >= 0.3 is 0 Å². The molecule has 0 radical (unpaired) electrons. The van der Waals surface area contributed by atoms with Gasteiger partial charge in [-0.1, -0.05) is 13.8 Å². The predicted octanol–water partition coefficient (Wildman–Crippen LogP) is 2.57. The molecule has 2 N–H and O–H groups in total. The predicted molar refractivity (Wildman–Crippen MR) is 52.0 cm³/mol. The van der Waals surface area contributed by atoms with E-state index in [9.17, 15) is 0 Å². The first-order chi connectivity index (χ1) is 5.77. The van der Waals surface area contributed by atoms with Gasteiger partial charge in [0.1, 0.15) is 0 Å². The van der Waals surface area contributed by atoms with Crippen LogP contribution in [-0.4, -0.2) is 4.98 Å². The maximum absolute atomic E-state index is 5.55. The van der Waals surface area contributed by atoms with Crippen LogP contribution in [0.5, 0.6) is 0 Å². The Morgan fingerprint density at radius 2 is 2.00 bits per heavy atom. The minimum atomic E-state index is 0.589. The number of nitrogens with two attached hydrogens (primary N) is 1. The summed E-state index contributed by atoms with van der Waals surface area (Å²) in [4.78, 5) is 4.30. The van der Waals surface area contributed by atoms with Crippen molar-refractivity contribution in [3.05, 3.63) is 24.0 Å². The average Bonchev–Trinajstić information content (AvgIpc) is 2.10. The molecule has 0 atom stereocenters. The minimum absolute atomic E-state index is 0.589. The van der Waals surface area contributed by atoms with Crippen LogP contribution in [-0.2, 0) is 0 Å². The highest BCUT2D eigenvalue weighted by Crippen LogP contribution is 2.20. The second kappa shape index (κ2) is 4.10. The standard InChI is InChI=1S/C10H16N2/c1-3-8(4-2)10-6-5-9(11)7-12-10/h5-8H,3-4,11H2,1-2H3. The third kappa shape index (κ3) is 1.97. The molecule has 2 nitrogen and oxygen atoms in total. The van der Waals surface area contributed by atoms with Gasteiger partial charge in [0.2, 0.25) is 0 Å². The molecule has 2 heteroatoms. The largest absolute Gasteiger partial charge is 0.397 e. The summed E-state index contributed by atoms with van der Waals surface area (Å²) in [5.41, 5.74) is 7.45. The van der Waals surface area contributed by atoms with Crippen LogP contribution in [0, 0.1) is 0 Å². The number of nitrogens with zero attached hydrogens (tertiary/aromatic N) is 1. The fraction of sp³-hybridized carbons (Fsp3) is 0.500. The molecule has 1 aromatic rings. The lowest BCUT2D eigenvalue weighted by Gasteiger charge is -2.10. The molecular formula is C10H16N2. The number of nitrogen functional groups attached to an aromatic ring is 1. The van der Waals surface area contributed by atoms with Crippen molar-refractivity contribution in [2.75, 3.05) is 5.73 Å². The van der Waals surface area contributed by atoms with Gasteiger partial charge in [0, 0.05) is 11.6 Å². The zero-order chi connectivity index (χ0) is 8.97. The van der Waals surface area contributed by atoms with Crippen LogP contribution in [0.25, 0.3) is 0 Å². The van der Waals surface area contributed by atoms with Crippen LogP contribution in [0.15, 0.2) is 18.3 Å². The topological polar surface area (TPSA) is 38.9 Å². The van der Waals surface area contributed by atoms with Gasteiger partial charge in [-0.05, 0) is 25.0 Å². The highest BCUT2D eigenvalue weighted by Gasteiger charge is 2.06. The smallest absolute Gasteiger partial charge is 0.0501 e. The van der Waals surface area contributed by atoms with Crippen molar-refractivity contribution in [1.82, 2.24) is 4.98 Å². The quantitative estimate of drug-likeness (QED) is 0.745. The van der Waals surface area contributed by atoms with E-state index < -0.39 is 0 Å². The van der Waals surface area contributed by atoms with E-state index >= 15 is 0 Å². The van der Waals surface area contributed by atoms with Crippen LogP contribution in [0.4, 0.5) is 5.69 Å². The number of aromatic nitrogens is 1. The molecule has 0 aromatic carbocycles. The minimum Gasteiger partial charge on any atom is -0.397 e. The Morgan fingerprint density at radius 1 is 1.33 bits per heavy atom. The van der Waals surface area contributed by atoms with Crippen molar-refractivity contribution in [1.29, 1.82) is 0 Å². The van der Waals surface area contributed by atoms with Gasteiger partial charge in [-0.2, -0.15) is 0 Å². The summed E-state index contributed by atoms with van der Waals surface area (Å²) < 4.78 is 0. The Hall–Kier alpha value is -1.05. The SMILES string of the molecule is CCC(CC)c1ccc(N)cn1. The number of anilines is 1. The Bertz CT molecular complexity index is 224. The van der Waals surface area contributed by atoms with E-state index in [0.29, 0.717) is 5.92 Å². The highest BCUT2D eigenvalue weighted by molar-refractivity contribution is 5.35. The van der Waals surface area contributed by atoms with Crippen molar-refractivity contribution >= 4 is 5.69 Å². The first kappa shape index (κ1) is 9.04. The van der Waals surface area contributed by atoms with Crippen molar-refractivity contribution in [2.45, 2.75) is 32.6 Å². The van der Waals surface area contributed by atoms with E-state index in [0.717, 1.165) is 24.2 Å². The molecule has 0 aliphatic heterocycles. The molecule has 66 valence electrons. The second-order valence-corrected chi connectivity index (χ2v) is 3.03. The molecule has 0 saturated heterocycles.